The van der Waals surface area contributed by atoms with Gasteiger partial charge in [-0.1, -0.05) is 0 Å². The molecule has 0 aliphatic carbocycles. The molecule has 5 heteroatoms. The fourth-order valence-electron chi connectivity index (χ4n) is 0.518. The molecule has 0 heterocycles. The van der Waals surface area contributed by atoms with Crippen LogP contribution in [-0.4, -0.2) is 44.7 Å². The summed E-state index contributed by atoms with van der Waals surface area (Å²) in [6, 6.07) is 0. The van der Waals surface area contributed by atoms with Crippen molar-refractivity contribution in [1.29, 1.82) is 0 Å². The van der Waals surface area contributed by atoms with Crippen molar-refractivity contribution in [3.8, 4) is 0 Å². The van der Waals surface area contributed by atoms with Gasteiger partial charge in [0.15, 0.2) is 0 Å². The van der Waals surface area contributed by atoms with E-state index in [1.807, 2.05) is 0 Å². The Morgan fingerprint density at radius 1 is 1.09 bits per heavy atom. The van der Waals surface area contributed by atoms with Gasteiger partial charge in [0.1, 0.15) is 0 Å². The molecule has 0 radical (unpaired) electrons. The SMILES string of the molecule is NNCCOCCOCCO. The maximum atomic E-state index is 8.31. The zero-order valence-electron chi connectivity index (χ0n) is 6.58. The molecule has 0 saturated carbocycles. The van der Waals surface area contributed by atoms with Gasteiger partial charge in [-0.2, -0.15) is 0 Å². The molecule has 4 N–H and O–H groups in total. The van der Waals surface area contributed by atoms with Gasteiger partial charge in [0, 0.05) is 6.54 Å². The standard InChI is InChI=1S/C6H16N2O3/c7-8-1-3-10-5-6-11-4-2-9/h8-9H,1-7H2. The van der Waals surface area contributed by atoms with Crippen LogP contribution in [0.5, 0.6) is 0 Å². The van der Waals surface area contributed by atoms with Gasteiger partial charge in [-0.05, 0) is 0 Å². The first kappa shape index (κ1) is 10.8. The Balaban J connectivity index is 2.69. The molecule has 0 aromatic carbocycles. The lowest BCUT2D eigenvalue weighted by Crippen LogP contribution is -2.26. The van der Waals surface area contributed by atoms with E-state index in [0.717, 1.165) is 0 Å². The Bertz CT molecular complexity index is 64.8. The second kappa shape index (κ2) is 9.80. The maximum absolute atomic E-state index is 8.31. The van der Waals surface area contributed by atoms with Crippen LogP contribution < -0.4 is 11.3 Å². The third kappa shape index (κ3) is 9.80. The predicted molar refractivity (Wildman–Crippen MR) is 40.9 cm³/mol. The number of ether oxygens (including phenoxy) is 2. The molecule has 0 aliphatic heterocycles. The second-order valence-corrected chi connectivity index (χ2v) is 1.90. The number of rotatable bonds is 8. The molecule has 0 amide bonds. The van der Waals surface area contributed by atoms with Crippen molar-refractivity contribution in [2.24, 2.45) is 5.84 Å². The van der Waals surface area contributed by atoms with Crippen LogP contribution in [0.25, 0.3) is 0 Å². The summed E-state index contributed by atoms with van der Waals surface area (Å²) in [5.74, 6) is 5.00. The van der Waals surface area contributed by atoms with Gasteiger partial charge >= 0.3 is 0 Å². The van der Waals surface area contributed by atoms with Crippen LogP contribution in [0, 0.1) is 0 Å². The highest BCUT2D eigenvalue weighted by Crippen LogP contribution is 1.76. The van der Waals surface area contributed by atoms with E-state index in [4.69, 9.17) is 20.4 Å². The van der Waals surface area contributed by atoms with Crippen molar-refractivity contribution >= 4 is 0 Å². The van der Waals surface area contributed by atoms with E-state index in [-0.39, 0.29) is 6.61 Å². The van der Waals surface area contributed by atoms with Gasteiger partial charge < -0.3 is 14.6 Å². The predicted octanol–water partition coefficient (Wildman–Crippen LogP) is -1.52. The Kier molecular flexibility index (Phi) is 9.62. The summed E-state index contributed by atoms with van der Waals surface area (Å²) in [5, 5.41) is 8.31. The number of hydrogen-bond donors (Lipinski definition) is 3. The molecule has 68 valence electrons. The number of aliphatic hydroxyl groups excluding tert-OH is 1. The average Bonchev–Trinajstić information content (AvgIpc) is 2.03. The summed E-state index contributed by atoms with van der Waals surface area (Å²) >= 11 is 0. The molecular formula is C6H16N2O3. The first-order valence-corrected chi connectivity index (χ1v) is 3.61. The molecule has 0 aliphatic rings. The van der Waals surface area contributed by atoms with Crippen LogP contribution in [0.2, 0.25) is 0 Å². The highest BCUT2D eigenvalue weighted by molar-refractivity contribution is 4.34. The lowest BCUT2D eigenvalue weighted by atomic mass is 10.7. The first-order chi connectivity index (χ1) is 5.41. The van der Waals surface area contributed by atoms with E-state index in [9.17, 15) is 0 Å². The fraction of sp³-hybridized carbons (Fsp3) is 1.00. The third-order valence-electron chi connectivity index (χ3n) is 0.998. The monoisotopic (exact) mass is 164 g/mol. The Morgan fingerprint density at radius 2 is 1.73 bits per heavy atom. The topological polar surface area (TPSA) is 76.7 Å². The minimum absolute atomic E-state index is 0.0599. The number of nitrogens with one attached hydrogen (secondary N) is 1. The number of nitrogens with two attached hydrogens (primary N) is 1. The zero-order valence-corrected chi connectivity index (χ0v) is 6.58. The van der Waals surface area contributed by atoms with Crippen LogP contribution in [-0.2, 0) is 9.47 Å². The smallest absolute Gasteiger partial charge is 0.0701 e. The van der Waals surface area contributed by atoms with Crippen molar-refractivity contribution in [3.05, 3.63) is 0 Å². The van der Waals surface area contributed by atoms with Crippen LogP contribution >= 0.6 is 0 Å². The van der Waals surface area contributed by atoms with Crippen molar-refractivity contribution < 1.29 is 14.6 Å². The molecule has 0 spiro atoms. The molecule has 0 bridgehead atoms. The van der Waals surface area contributed by atoms with Crippen molar-refractivity contribution in [1.82, 2.24) is 5.43 Å². The van der Waals surface area contributed by atoms with E-state index >= 15 is 0 Å². The Labute approximate surface area is 66.4 Å². The molecule has 11 heavy (non-hydrogen) atoms. The number of hydrogen-bond acceptors (Lipinski definition) is 5. The molecule has 0 rings (SSSR count). The molecular weight excluding hydrogens is 148 g/mol. The quantitative estimate of drug-likeness (QED) is 0.231. The van der Waals surface area contributed by atoms with E-state index in [1.54, 1.807) is 0 Å². The molecule has 0 aromatic rings. The van der Waals surface area contributed by atoms with Crippen LogP contribution in [0.15, 0.2) is 0 Å². The van der Waals surface area contributed by atoms with Gasteiger partial charge in [-0.3, -0.25) is 11.3 Å². The molecule has 0 aromatic heterocycles. The highest BCUT2D eigenvalue weighted by atomic mass is 16.5. The molecule has 0 atom stereocenters. The molecule has 0 fully saturated rings. The minimum Gasteiger partial charge on any atom is -0.394 e. The summed E-state index contributed by atoms with van der Waals surface area (Å²) < 4.78 is 10.0. The fourth-order valence-corrected chi connectivity index (χ4v) is 0.518. The Hall–Kier alpha value is -0.200. The highest BCUT2D eigenvalue weighted by Gasteiger charge is 1.87. The van der Waals surface area contributed by atoms with Gasteiger partial charge in [0.05, 0.1) is 33.0 Å². The van der Waals surface area contributed by atoms with Crippen molar-refractivity contribution in [3.63, 3.8) is 0 Å². The van der Waals surface area contributed by atoms with Crippen LogP contribution in [0.1, 0.15) is 0 Å². The summed E-state index contributed by atoms with van der Waals surface area (Å²) in [5.41, 5.74) is 2.46. The lowest BCUT2D eigenvalue weighted by Gasteiger charge is -2.03. The summed E-state index contributed by atoms with van der Waals surface area (Å²) in [4.78, 5) is 0. The van der Waals surface area contributed by atoms with E-state index < -0.39 is 0 Å². The normalized spacial score (nSPS) is 10.4. The number of aliphatic hydroxyl groups is 1. The van der Waals surface area contributed by atoms with E-state index in [0.29, 0.717) is 33.0 Å². The molecule has 5 nitrogen and oxygen atoms in total. The summed E-state index contributed by atoms with van der Waals surface area (Å²) in [6.07, 6.45) is 0. The van der Waals surface area contributed by atoms with E-state index in [1.165, 1.54) is 0 Å². The average molecular weight is 164 g/mol. The van der Waals surface area contributed by atoms with Crippen LogP contribution in [0.3, 0.4) is 0 Å². The molecule has 0 unspecified atom stereocenters. The van der Waals surface area contributed by atoms with Gasteiger partial charge in [-0.15, -0.1) is 0 Å². The Morgan fingerprint density at radius 3 is 2.27 bits per heavy atom. The van der Waals surface area contributed by atoms with Crippen LogP contribution in [0.4, 0.5) is 0 Å². The van der Waals surface area contributed by atoms with Crippen molar-refractivity contribution in [2.45, 2.75) is 0 Å². The molecule has 0 saturated heterocycles. The maximum Gasteiger partial charge on any atom is 0.0701 e. The van der Waals surface area contributed by atoms with Gasteiger partial charge in [-0.25, -0.2) is 0 Å². The largest absolute Gasteiger partial charge is 0.394 e. The van der Waals surface area contributed by atoms with Gasteiger partial charge in [0.25, 0.3) is 0 Å². The third-order valence-corrected chi connectivity index (χ3v) is 0.998. The van der Waals surface area contributed by atoms with Crippen molar-refractivity contribution in [2.75, 3.05) is 39.6 Å². The first-order valence-electron chi connectivity index (χ1n) is 3.61. The minimum atomic E-state index is 0.0599. The zero-order chi connectivity index (χ0) is 8.36. The summed E-state index contributed by atoms with van der Waals surface area (Å²) in [6.45, 7) is 2.72. The second-order valence-electron chi connectivity index (χ2n) is 1.90. The summed E-state index contributed by atoms with van der Waals surface area (Å²) in [7, 11) is 0. The van der Waals surface area contributed by atoms with Gasteiger partial charge in [0.2, 0.25) is 0 Å². The number of hydrazine groups is 1. The van der Waals surface area contributed by atoms with E-state index in [2.05, 4.69) is 5.43 Å². The lowest BCUT2D eigenvalue weighted by molar-refractivity contribution is 0.0340.